The maximum absolute atomic E-state index is 12.7. The number of carbonyl (C=O) groups excluding carboxylic acids is 2. The number of rotatable bonds is 11. The van der Waals surface area contributed by atoms with Gasteiger partial charge in [-0.1, -0.05) is 30.3 Å². The molecule has 0 radical (unpaired) electrons. The zero-order valence-electron chi connectivity index (χ0n) is 19.9. The summed E-state index contributed by atoms with van der Waals surface area (Å²) in [6.45, 7) is -0.675. The molecule has 0 saturated heterocycles. The van der Waals surface area contributed by atoms with Gasteiger partial charge in [0.2, 0.25) is 0 Å². The molecule has 0 aliphatic rings. The average molecular weight is 537 g/mol. The summed E-state index contributed by atoms with van der Waals surface area (Å²) in [5.41, 5.74) is -2.69. The predicted molar refractivity (Wildman–Crippen MR) is 130 cm³/mol. The lowest BCUT2D eigenvalue weighted by Crippen LogP contribution is -2.16. The third-order valence-corrected chi connectivity index (χ3v) is 5.36. The Morgan fingerprint density at radius 3 is 1.72 bits per heavy atom. The lowest BCUT2D eigenvalue weighted by molar-refractivity contribution is -0.384. The van der Waals surface area contributed by atoms with E-state index in [1.54, 1.807) is 30.3 Å². The molecular formula is C26H19NO12. The van der Waals surface area contributed by atoms with Gasteiger partial charge in [-0.05, 0) is 29.3 Å². The van der Waals surface area contributed by atoms with Crippen molar-refractivity contribution in [2.45, 2.75) is 13.0 Å². The van der Waals surface area contributed by atoms with Crippen molar-refractivity contribution in [1.29, 1.82) is 0 Å². The number of nitro benzene ring substituents is 1. The largest absolute Gasteiger partial charge is 0.478 e. The molecule has 0 aliphatic carbocycles. The van der Waals surface area contributed by atoms with Crippen LogP contribution in [0.25, 0.3) is 0 Å². The van der Waals surface area contributed by atoms with Crippen molar-refractivity contribution in [2.75, 3.05) is 6.61 Å². The average Bonchev–Trinajstić information content (AvgIpc) is 2.91. The Bertz CT molecular complexity index is 1440. The second kappa shape index (κ2) is 12.1. The lowest BCUT2D eigenvalue weighted by atomic mass is 9.97. The van der Waals surface area contributed by atoms with E-state index >= 15 is 0 Å². The van der Waals surface area contributed by atoms with Crippen molar-refractivity contribution < 1.29 is 53.7 Å². The van der Waals surface area contributed by atoms with Crippen LogP contribution in [0.3, 0.4) is 0 Å². The second-order valence-corrected chi connectivity index (χ2v) is 7.94. The Balaban J connectivity index is 1.80. The number of carboxylic acids is 3. The summed E-state index contributed by atoms with van der Waals surface area (Å²) >= 11 is 0. The second-order valence-electron chi connectivity index (χ2n) is 7.94. The van der Waals surface area contributed by atoms with Crippen LogP contribution >= 0.6 is 0 Å². The van der Waals surface area contributed by atoms with Crippen molar-refractivity contribution >= 4 is 35.5 Å². The highest BCUT2D eigenvalue weighted by atomic mass is 16.6. The summed E-state index contributed by atoms with van der Waals surface area (Å²) in [5, 5.41) is 39.3. The summed E-state index contributed by atoms with van der Waals surface area (Å²) in [6, 6.07) is 13.1. The number of nitro groups is 1. The van der Waals surface area contributed by atoms with E-state index in [4.69, 9.17) is 9.47 Å². The highest BCUT2D eigenvalue weighted by molar-refractivity contribution is 6.00. The maximum Gasteiger partial charge on any atom is 0.338 e. The summed E-state index contributed by atoms with van der Waals surface area (Å²) in [4.78, 5) is 70.1. The first-order valence-corrected chi connectivity index (χ1v) is 11.0. The van der Waals surface area contributed by atoms with E-state index in [1.165, 1.54) is 0 Å². The van der Waals surface area contributed by atoms with Crippen molar-refractivity contribution in [3.63, 3.8) is 0 Å². The minimum atomic E-state index is -1.63. The number of carboxylic acid groups (broad SMARTS) is 3. The fraction of sp³-hybridized carbons (Fsp3) is 0.115. The smallest absolute Gasteiger partial charge is 0.338 e. The Labute approximate surface area is 219 Å². The molecule has 0 fully saturated rings. The van der Waals surface area contributed by atoms with Gasteiger partial charge in [-0.3, -0.25) is 10.1 Å². The van der Waals surface area contributed by atoms with Crippen LogP contribution < -0.4 is 0 Å². The summed E-state index contributed by atoms with van der Waals surface area (Å²) < 4.78 is 10.3. The highest BCUT2D eigenvalue weighted by Crippen LogP contribution is 2.24. The minimum absolute atomic E-state index is 0.107. The monoisotopic (exact) mass is 537 g/mol. The fourth-order valence-corrected chi connectivity index (χ4v) is 3.54. The highest BCUT2D eigenvalue weighted by Gasteiger charge is 2.25. The minimum Gasteiger partial charge on any atom is -0.478 e. The fourth-order valence-electron chi connectivity index (χ4n) is 3.54. The van der Waals surface area contributed by atoms with Crippen molar-refractivity contribution in [3.05, 3.63) is 110 Å². The topological polar surface area (TPSA) is 208 Å². The van der Waals surface area contributed by atoms with E-state index in [0.717, 1.165) is 18.2 Å². The molecule has 3 aromatic rings. The van der Waals surface area contributed by atoms with Gasteiger partial charge in [0.1, 0.15) is 6.61 Å². The number of benzene rings is 3. The molecule has 3 N–H and O–H groups in total. The van der Waals surface area contributed by atoms with Gasteiger partial charge in [0.05, 0.1) is 39.3 Å². The number of hydrogen-bond donors (Lipinski definition) is 3. The third kappa shape index (κ3) is 7.01. The van der Waals surface area contributed by atoms with Gasteiger partial charge in [0.25, 0.3) is 5.69 Å². The normalized spacial score (nSPS) is 10.4. The number of aromatic carboxylic acids is 3. The molecule has 0 aromatic heterocycles. The first kappa shape index (κ1) is 28.0. The first-order valence-electron chi connectivity index (χ1n) is 11.0. The summed E-state index contributed by atoms with van der Waals surface area (Å²) in [5.74, 6) is -6.69. The quantitative estimate of drug-likeness (QED) is 0.183. The Morgan fingerprint density at radius 2 is 1.23 bits per heavy atom. The maximum atomic E-state index is 12.7. The van der Waals surface area contributed by atoms with E-state index < -0.39 is 70.2 Å². The number of hydrogen-bond acceptors (Lipinski definition) is 9. The molecule has 3 rings (SSSR count). The van der Waals surface area contributed by atoms with Crippen molar-refractivity contribution in [2.24, 2.45) is 0 Å². The zero-order chi connectivity index (χ0) is 28.7. The van der Waals surface area contributed by atoms with Crippen LogP contribution in [-0.2, 0) is 22.5 Å². The number of carbonyl (C=O) groups is 5. The van der Waals surface area contributed by atoms with E-state index in [9.17, 15) is 49.4 Å². The molecule has 0 unspecified atom stereocenters. The van der Waals surface area contributed by atoms with Gasteiger partial charge in [-0.15, -0.1) is 0 Å². The van der Waals surface area contributed by atoms with E-state index in [2.05, 4.69) is 0 Å². The number of nitrogens with zero attached hydrogens (tertiary/aromatic N) is 1. The van der Waals surface area contributed by atoms with Crippen LogP contribution in [0.1, 0.15) is 62.9 Å². The molecule has 0 saturated carbocycles. The Kier molecular flexibility index (Phi) is 8.68. The number of esters is 2. The molecule has 13 heteroatoms. The third-order valence-electron chi connectivity index (χ3n) is 5.36. The first-order chi connectivity index (χ1) is 18.5. The molecule has 3 aromatic carbocycles. The van der Waals surface area contributed by atoms with Crippen LogP contribution in [0.4, 0.5) is 5.69 Å². The van der Waals surface area contributed by atoms with E-state index in [-0.39, 0.29) is 23.3 Å². The molecule has 0 bridgehead atoms. The van der Waals surface area contributed by atoms with Crippen LogP contribution in [0.15, 0.2) is 60.7 Å². The van der Waals surface area contributed by atoms with Crippen LogP contribution in [0, 0.1) is 10.1 Å². The molecule has 200 valence electrons. The summed E-state index contributed by atoms with van der Waals surface area (Å²) in [6.07, 6.45) is -0.447. The van der Waals surface area contributed by atoms with Crippen LogP contribution in [0.5, 0.6) is 0 Å². The Hall–Kier alpha value is -5.59. The summed E-state index contributed by atoms with van der Waals surface area (Å²) in [7, 11) is 0. The van der Waals surface area contributed by atoms with Crippen molar-refractivity contribution in [3.8, 4) is 0 Å². The van der Waals surface area contributed by atoms with Gasteiger partial charge >= 0.3 is 29.8 Å². The van der Waals surface area contributed by atoms with E-state index in [0.29, 0.717) is 17.7 Å². The molecule has 0 spiro atoms. The molecule has 0 atom stereocenters. The molecule has 0 amide bonds. The lowest BCUT2D eigenvalue weighted by Gasteiger charge is -2.12. The van der Waals surface area contributed by atoms with Gasteiger partial charge in [0, 0.05) is 18.6 Å². The molecular weight excluding hydrogens is 518 g/mol. The van der Waals surface area contributed by atoms with Crippen LogP contribution in [-0.4, -0.2) is 56.7 Å². The SMILES string of the molecule is O=C(O)c1cc(C(=O)OCCc2c(C(=O)O)cc([N+](=O)[O-])cc2C(=O)O)cc(C(=O)OCc2ccccc2)c1. The van der Waals surface area contributed by atoms with Gasteiger partial charge in [-0.25, -0.2) is 24.0 Å². The molecule has 0 heterocycles. The zero-order valence-corrected chi connectivity index (χ0v) is 19.9. The number of ether oxygens (including phenoxy) is 2. The molecule has 0 aliphatic heterocycles. The van der Waals surface area contributed by atoms with Gasteiger partial charge < -0.3 is 24.8 Å². The Morgan fingerprint density at radius 1 is 0.718 bits per heavy atom. The number of non-ortho nitro benzene ring substituents is 1. The van der Waals surface area contributed by atoms with Crippen molar-refractivity contribution in [1.82, 2.24) is 0 Å². The standard InChI is InChI=1S/C26H19NO12/c28-22(29)15-8-16(10-17(9-15)26(35)39-13-14-4-2-1-3-5-14)25(34)38-7-6-19-20(23(30)31)11-18(27(36)37)12-21(19)24(32)33/h1-5,8-12H,6-7,13H2,(H,28,29)(H,30,31)(H,32,33). The predicted octanol–water partition coefficient (Wildman–Crippen LogP) is 3.45. The van der Waals surface area contributed by atoms with Gasteiger partial charge in [0.15, 0.2) is 0 Å². The molecule has 13 nitrogen and oxygen atoms in total. The van der Waals surface area contributed by atoms with Gasteiger partial charge in [-0.2, -0.15) is 0 Å². The van der Waals surface area contributed by atoms with Crippen LogP contribution in [0.2, 0.25) is 0 Å². The molecule has 39 heavy (non-hydrogen) atoms. The van der Waals surface area contributed by atoms with E-state index in [1.807, 2.05) is 0 Å².